The largest absolute Gasteiger partial charge is 0.378 e. The quantitative estimate of drug-likeness (QED) is 0.724. The van der Waals surface area contributed by atoms with Gasteiger partial charge in [0.1, 0.15) is 0 Å². The number of benzene rings is 1. The summed E-state index contributed by atoms with van der Waals surface area (Å²) in [5.74, 6) is 1.15. The van der Waals surface area contributed by atoms with Crippen LogP contribution in [0.25, 0.3) is 0 Å². The molecule has 0 spiro atoms. The van der Waals surface area contributed by atoms with Crippen LogP contribution in [0.5, 0.6) is 0 Å². The van der Waals surface area contributed by atoms with E-state index in [2.05, 4.69) is 40.1 Å². The lowest BCUT2D eigenvalue weighted by atomic mass is 9.90. The van der Waals surface area contributed by atoms with E-state index in [1.54, 1.807) is 0 Å². The molecule has 4 rings (SSSR count). The summed E-state index contributed by atoms with van der Waals surface area (Å²) < 4.78 is 5.38. The monoisotopic (exact) mass is 427 g/mol. The van der Waals surface area contributed by atoms with Crippen LogP contribution < -0.4 is 0 Å². The molecule has 2 atom stereocenters. The standard InChI is InChI=1S/C25H37N3O3/c1-20(28-11-5-8-23(19-28)25(30)27-14-16-31-17-15-27)24(29)26-12-9-22(10-13-26)18-21-6-3-2-4-7-21/h2-4,6-7,20,22-23H,5,8-19H2,1H3. The van der Waals surface area contributed by atoms with Gasteiger partial charge in [0.05, 0.1) is 25.2 Å². The van der Waals surface area contributed by atoms with Gasteiger partial charge in [-0.3, -0.25) is 14.5 Å². The molecule has 0 radical (unpaired) electrons. The number of ether oxygens (including phenoxy) is 1. The zero-order valence-corrected chi connectivity index (χ0v) is 18.9. The Morgan fingerprint density at radius 1 is 0.968 bits per heavy atom. The van der Waals surface area contributed by atoms with Gasteiger partial charge in [0.25, 0.3) is 0 Å². The fourth-order valence-corrected chi connectivity index (χ4v) is 5.33. The molecule has 0 saturated carbocycles. The van der Waals surface area contributed by atoms with Crippen molar-refractivity contribution in [3.63, 3.8) is 0 Å². The third-order valence-electron chi connectivity index (χ3n) is 7.32. The van der Waals surface area contributed by atoms with Crippen LogP contribution in [0.15, 0.2) is 30.3 Å². The van der Waals surface area contributed by atoms with Crippen LogP contribution in [-0.4, -0.2) is 85.0 Å². The fourth-order valence-electron chi connectivity index (χ4n) is 5.33. The van der Waals surface area contributed by atoms with Crippen molar-refractivity contribution in [2.45, 2.75) is 45.1 Å². The van der Waals surface area contributed by atoms with E-state index < -0.39 is 0 Å². The molecule has 3 aliphatic rings. The molecule has 3 aliphatic heterocycles. The highest BCUT2D eigenvalue weighted by atomic mass is 16.5. The molecular weight excluding hydrogens is 390 g/mol. The van der Waals surface area contributed by atoms with E-state index in [0.717, 1.165) is 51.7 Å². The van der Waals surface area contributed by atoms with Gasteiger partial charge < -0.3 is 14.5 Å². The van der Waals surface area contributed by atoms with Crippen molar-refractivity contribution in [1.29, 1.82) is 0 Å². The second-order valence-electron chi connectivity index (χ2n) is 9.41. The number of likely N-dealkylation sites (tertiary alicyclic amines) is 2. The Kier molecular flexibility index (Phi) is 7.62. The topological polar surface area (TPSA) is 53.1 Å². The highest BCUT2D eigenvalue weighted by molar-refractivity contribution is 5.82. The van der Waals surface area contributed by atoms with Crippen molar-refractivity contribution in [1.82, 2.24) is 14.7 Å². The van der Waals surface area contributed by atoms with E-state index in [1.165, 1.54) is 5.56 Å². The zero-order valence-electron chi connectivity index (χ0n) is 18.9. The lowest BCUT2D eigenvalue weighted by molar-refractivity contribution is -0.145. The average molecular weight is 428 g/mol. The summed E-state index contributed by atoms with van der Waals surface area (Å²) >= 11 is 0. The van der Waals surface area contributed by atoms with Gasteiger partial charge in [-0.2, -0.15) is 0 Å². The number of carbonyl (C=O) groups is 2. The summed E-state index contributed by atoms with van der Waals surface area (Å²) in [6, 6.07) is 10.5. The number of morpholine rings is 1. The van der Waals surface area contributed by atoms with Crippen LogP contribution in [0.4, 0.5) is 0 Å². The lowest BCUT2D eigenvalue weighted by Crippen LogP contribution is -2.54. The van der Waals surface area contributed by atoms with Gasteiger partial charge in [-0.25, -0.2) is 0 Å². The SMILES string of the molecule is CC(C(=O)N1CCC(Cc2ccccc2)CC1)N1CCCC(C(=O)N2CCOCC2)C1. The van der Waals surface area contributed by atoms with Gasteiger partial charge in [-0.05, 0) is 57.1 Å². The molecule has 6 nitrogen and oxygen atoms in total. The van der Waals surface area contributed by atoms with Gasteiger partial charge in [-0.15, -0.1) is 0 Å². The number of nitrogens with zero attached hydrogens (tertiary/aromatic N) is 3. The first-order valence-electron chi connectivity index (χ1n) is 12.0. The molecule has 0 N–H and O–H groups in total. The van der Waals surface area contributed by atoms with Gasteiger partial charge in [0.15, 0.2) is 0 Å². The van der Waals surface area contributed by atoms with Crippen LogP contribution in [0.1, 0.15) is 38.2 Å². The second kappa shape index (κ2) is 10.6. The van der Waals surface area contributed by atoms with Crippen molar-refractivity contribution in [3.8, 4) is 0 Å². The molecule has 2 amide bonds. The molecule has 6 heteroatoms. The molecule has 1 aromatic carbocycles. The molecular formula is C25H37N3O3. The van der Waals surface area contributed by atoms with E-state index in [-0.39, 0.29) is 23.8 Å². The average Bonchev–Trinajstić information content (AvgIpc) is 2.84. The number of rotatable bonds is 5. The molecule has 3 heterocycles. The predicted molar refractivity (Wildman–Crippen MR) is 121 cm³/mol. The Balaban J connectivity index is 1.26. The third-order valence-corrected chi connectivity index (χ3v) is 7.32. The Bertz CT molecular complexity index is 727. The van der Waals surface area contributed by atoms with Crippen LogP contribution in [-0.2, 0) is 20.7 Å². The van der Waals surface area contributed by atoms with E-state index in [0.29, 0.717) is 38.8 Å². The van der Waals surface area contributed by atoms with Gasteiger partial charge >= 0.3 is 0 Å². The molecule has 1 aromatic rings. The Hall–Kier alpha value is -1.92. The molecule has 0 bridgehead atoms. The molecule has 2 unspecified atom stereocenters. The van der Waals surface area contributed by atoms with Crippen molar-refractivity contribution in [3.05, 3.63) is 35.9 Å². The van der Waals surface area contributed by atoms with Crippen LogP contribution in [0.3, 0.4) is 0 Å². The maximum Gasteiger partial charge on any atom is 0.239 e. The van der Waals surface area contributed by atoms with Crippen LogP contribution in [0.2, 0.25) is 0 Å². The van der Waals surface area contributed by atoms with Crippen molar-refractivity contribution in [2.75, 3.05) is 52.5 Å². The molecule has 0 aliphatic carbocycles. The van der Waals surface area contributed by atoms with Crippen LogP contribution >= 0.6 is 0 Å². The second-order valence-corrected chi connectivity index (χ2v) is 9.41. The number of piperidine rings is 2. The first kappa shape index (κ1) is 22.3. The third kappa shape index (κ3) is 5.66. The number of amides is 2. The summed E-state index contributed by atoms with van der Waals surface area (Å²) in [4.78, 5) is 32.4. The Morgan fingerprint density at radius 3 is 2.39 bits per heavy atom. The van der Waals surface area contributed by atoms with E-state index in [4.69, 9.17) is 4.74 Å². The highest BCUT2D eigenvalue weighted by Gasteiger charge is 2.35. The summed E-state index contributed by atoms with van der Waals surface area (Å²) in [5.41, 5.74) is 1.39. The molecule has 3 fully saturated rings. The first-order chi connectivity index (χ1) is 15.1. The number of carbonyl (C=O) groups excluding carboxylic acids is 2. The Morgan fingerprint density at radius 2 is 1.68 bits per heavy atom. The van der Waals surface area contributed by atoms with Gasteiger partial charge in [0, 0.05) is 32.7 Å². The molecule has 0 aromatic heterocycles. The molecule has 3 saturated heterocycles. The van der Waals surface area contributed by atoms with E-state index in [1.807, 2.05) is 11.8 Å². The fraction of sp³-hybridized carbons (Fsp3) is 0.680. The van der Waals surface area contributed by atoms with Crippen LogP contribution in [0, 0.1) is 11.8 Å². The number of hydrogen-bond donors (Lipinski definition) is 0. The highest BCUT2D eigenvalue weighted by Crippen LogP contribution is 2.25. The van der Waals surface area contributed by atoms with E-state index in [9.17, 15) is 9.59 Å². The Labute approximate surface area is 186 Å². The summed E-state index contributed by atoms with van der Waals surface area (Å²) in [7, 11) is 0. The summed E-state index contributed by atoms with van der Waals surface area (Å²) in [5, 5.41) is 0. The minimum absolute atomic E-state index is 0.0127. The van der Waals surface area contributed by atoms with Gasteiger partial charge in [0.2, 0.25) is 11.8 Å². The summed E-state index contributed by atoms with van der Waals surface area (Å²) in [6.45, 7) is 8.01. The maximum absolute atomic E-state index is 13.2. The minimum Gasteiger partial charge on any atom is -0.378 e. The minimum atomic E-state index is -0.147. The van der Waals surface area contributed by atoms with Crippen molar-refractivity contribution < 1.29 is 14.3 Å². The molecule has 170 valence electrons. The van der Waals surface area contributed by atoms with Crippen molar-refractivity contribution in [2.24, 2.45) is 11.8 Å². The normalized spacial score (nSPS) is 24.7. The smallest absolute Gasteiger partial charge is 0.239 e. The first-order valence-corrected chi connectivity index (χ1v) is 12.0. The number of hydrogen-bond acceptors (Lipinski definition) is 4. The van der Waals surface area contributed by atoms with Crippen molar-refractivity contribution >= 4 is 11.8 Å². The predicted octanol–water partition coefficient (Wildman–Crippen LogP) is 2.43. The lowest BCUT2D eigenvalue weighted by Gasteiger charge is -2.40. The maximum atomic E-state index is 13.2. The van der Waals surface area contributed by atoms with Gasteiger partial charge in [-0.1, -0.05) is 30.3 Å². The molecule has 31 heavy (non-hydrogen) atoms. The summed E-state index contributed by atoms with van der Waals surface area (Å²) in [6.07, 6.45) is 5.17. The zero-order chi connectivity index (χ0) is 21.6. The van der Waals surface area contributed by atoms with E-state index >= 15 is 0 Å².